The van der Waals surface area contributed by atoms with Crippen LogP contribution >= 0.6 is 11.6 Å². The molecule has 1 saturated heterocycles. The summed E-state index contributed by atoms with van der Waals surface area (Å²) in [6, 6.07) is 13.7. The Morgan fingerprint density at radius 1 is 1.13 bits per heavy atom. The Kier molecular flexibility index (Phi) is 4.62. The Hall–Kier alpha value is -1.56. The van der Waals surface area contributed by atoms with Crippen LogP contribution in [0.3, 0.4) is 0 Å². The fourth-order valence-corrected chi connectivity index (χ4v) is 4.90. The average Bonchev–Trinajstić information content (AvgIpc) is 3.05. The standard InChI is InChI=1S/C17H18ClNO3S/c1-22-13-8-10-14(11-9-13)23(20,21)19-12-4-7-17(19)15-5-2-3-6-16(15)18/h2-3,5-6,8-11,17H,4,7,12H2,1H3. The molecule has 1 aliphatic rings. The summed E-state index contributed by atoms with van der Waals surface area (Å²) in [6.45, 7) is 0.504. The van der Waals surface area contributed by atoms with E-state index in [9.17, 15) is 8.42 Å². The molecule has 0 N–H and O–H groups in total. The van der Waals surface area contributed by atoms with E-state index in [1.807, 2.05) is 18.2 Å². The number of ether oxygens (including phenoxy) is 1. The molecule has 122 valence electrons. The van der Waals surface area contributed by atoms with Gasteiger partial charge in [-0.15, -0.1) is 0 Å². The first kappa shape index (κ1) is 16.3. The van der Waals surface area contributed by atoms with E-state index in [1.165, 1.54) is 0 Å². The number of methoxy groups -OCH3 is 1. The van der Waals surface area contributed by atoms with Gasteiger partial charge in [0.05, 0.1) is 18.0 Å². The van der Waals surface area contributed by atoms with E-state index in [1.54, 1.807) is 41.7 Å². The first-order valence-electron chi connectivity index (χ1n) is 7.44. The molecule has 0 spiro atoms. The lowest BCUT2D eigenvalue weighted by Crippen LogP contribution is -2.30. The number of halogens is 1. The molecule has 3 rings (SSSR count). The molecule has 0 bridgehead atoms. The quantitative estimate of drug-likeness (QED) is 0.839. The molecule has 1 fully saturated rings. The van der Waals surface area contributed by atoms with Gasteiger partial charge in [-0.3, -0.25) is 0 Å². The Labute approximate surface area is 141 Å². The molecule has 23 heavy (non-hydrogen) atoms. The number of rotatable bonds is 4. The highest BCUT2D eigenvalue weighted by molar-refractivity contribution is 7.89. The summed E-state index contributed by atoms with van der Waals surface area (Å²) in [5.74, 6) is 0.632. The Morgan fingerprint density at radius 3 is 2.48 bits per heavy atom. The summed E-state index contributed by atoms with van der Waals surface area (Å²) in [4.78, 5) is 0.275. The minimum absolute atomic E-state index is 0.212. The fourth-order valence-electron chi connectivity index (χ4n) is 2.97. The van der Waals surface area contributed by atoms with E-state index in [4.69, 9.17) is 16.3 Å². The number of hydrogen-bond acceptors (Lipinski definition) is 3. The van der Waals surface area contributed by atoms with E-state index in [2.05, 4.69) is 0 Å². The van der Waals surface area contributed by atoms with Crippen molar-refractivity contribution < 1.29 is 13.2 Å². The highest BCUT2D eigenvalue weighted by Gasteiger charge is 2.36. The van der Waals surface area contributed by atoms with Gasteiger partial charge in [-0.2, -0.15) is 4.31 Å². The Morgan fingerprint density at radius 2 is 1.83 bits per heavy atom. The maximum absolute atomic E-state index is 13.0. The lowest BCUT2D eigenvalue weighted by atomic mass is 10.1. The summed E-state index contributed by atoms with van der Waals surface area (Å²) >= 11 is 6.27. The largest absolute Gasteiger partial charge is 0.497 e. The molecule has 4 nitrogen and oxygen atoms in total. The molecule has 0 aromatic heterocycles. The zero-order chi connectivity index (χ0) is 16.4. The van der Waals surface area contributed by atoms with Crippen molar-refractivity contribution >= 4 is 21.6 Å². The first-order chi connectivity index (χ1) is 11.0. The minimum atomic E-state index is -3.56. The molecule has 0 saturated carbocycles. The summed E-state index contributed by atoms with van der Waals surface area (Å²) in [6.07, 6.45) is 1.60. The predicted molar refractivity (Wildman–Crippen MR) is 90.3 cm³/mol. The second-order valence-corrected chi connectivity index (χ2v) is 7.77. The third kappa shape index (κ3) is 3.09. The molecule has 0 aliphatic carbocycles. The van der Waals surface area contributed by atoms with Gasteiger partial charge in [0, 0.05) is 11.6 Å². The number of benzene rings is 2. The summed E-state index contributed by atoms with van der Waals surface area (Å²) < 4.78 is 32.6. The topological polar surface area (TPSA) is 46.6 Å². The molecule has 2 aromatic carbocycles. The van der Waals surface area contributed by atoms with Crippen LogP contribution in [0.1, 0.15) is 24.4 Å². The molecule has 6 heteroatoms. The lowest BCUT2D eigenvalue weighted by molar-refractivity contribution is 0.396. The fraction of sp³-hybridized carbons (Fsp3) is 0.294. The van der Waals surface area contributed by atoms with E-state index >= 15 is 0 Å². The van der Waals surface area contributed by atoms with Crippen molar-refractivity contribution in [3.8, 4) is 5.75 Å². The van der Waals surface area contributed by atoms with Crippen molar-refractivity contribution in [2.45, 2.75) is 23.8 Å². The second kappa shape index (κ2) is 6.51. The van der Waals surface area contributed by atoms with Gasteiger partial charge in [-0.25, -0.2) is 8.42 Å². The monoisotopic (exact) mass is 351 g/mol. The maximum Gasteiger partial charge on any atom is 0.243 e. The average molecular weight is 352 g/mol. The summed E-state index contributed by atoms with van der Waals surface area (Å²) in [7, 11) is -2.01. The summed E-state index contributed by atoms with van der Waals surface area (Å²) in [5, 5.41) is 0.606. The van der Waals surface area contributed by atoms with Crippen molar-refractivity contribution in [2.75, 3.05) is 13.7 Å². The van der Waals surface area contributed by atoms with Crippen molar-refractivity contribution in [3.05, 3.63) is 59.1 Å². The van der Waals surface area contributed by atoms with E-state index < -0.39 is 10.0 Å². The van der Waals surface area contributed by atoms with Crippen LogP contribution in [-0.2, 0) is 10.0 Å². The molecule has 1 aliphatic heterocycles. The van der Waals surface area contributed by atoms with Crippen LogP contribution < -0.4 is 4.74 Å². The van der Waals surface area contributed by atoms with Crippen LogP contribution in [0.15, 0.2) is 53.4 Å². The Balaban J connectivity index is 1.96. The molecule has 0 amide bonds. The molecule has 2 aromatic rings. The van der Waals surface area contributed by atoms with Gasteiger partial charge in [-0.1, -0.05) is 29.8 Å². The zero-order valence-electron chi connectivity index (χ0n) is 12.8. The predicted octanol–water partition coefficient (Wildman–Crippen LogP) is 3.87. The first-order valence-corrected chi connectivity index (χ1v) is 9.26. The van der Waals surface area contributed by atoms with Crippen LogP contribution in [0, 0.1) is 0 Å². The van der Waals surface area contributed by atoms with Crippen molar-refractivity contribution in [2.24, 2.45) is 0 Å². The van der Waals surface area contributed by atoms with Crippen LogP contribution in [0.4, 0.5) is 0 Å². The van der Waals surface area contributed by atoms with Gasteiger partial charge in [0.25, 0.3) is 0 Å². The SMILES string of the molecule is COc1ccc(S(=O)(=O)N2CCCC2c2ccccc2Cl)cc1. The van der Waals surface area contributed by atoms with Crippen molar-refractivity contribution in [3.63, 3.8) is 0 Å². The maximum atomic E-state index is 13.0. The number of sulfonamides is 1. The van der Waals surface area contributed by atoms with E-state index in [0.29, 0.717) is 17.3 Å². The van der Waals surface area contributed by atoms with E-state index in [0.717, 1.165) is 18.4 Å². The number of hydrogen-bond donors (Lipinski definition) is 0. The molecular weight excluding hydrogens is 334 g/mol. The molecule has 1 unspecified atom stereocenters. The Bertz CT molecular complexity index is 790. The van der Waals surface area contributed by atoms with Crippen molar-refractivity contribution in [1.82, 2.24) is 4.31 Å². The van der Waals surface area contributed by atoms with Crippen molar-refractivity contribution in [1.29, 1.82) is 0 Å². The van der Waals surface area contributed by atoms with Gasteiger partial charge in [0.2, 0.25) is 10.0 Å². The van der Waals surface area contributed by atoms with Gasteiger partial charge in [-0.05, 0) is 48.7 Å². The molecule has 1 atom stereocenters. The highest BCUT2D eigenvalue weighted by Crippen LogP contribution is 2.39. The summed E-state index contributed by atoms with van der Waals surface area (Å²) in [5.41, 5.74) is 0.865. The smallest absolute Gasteiger partial charge is 0.243 e. The van der Waals surface area contributed by atoms with Gasteiger partial charge < -0.3 is 4.74 Å². The van der Waals surface area contributed by atoms with Gasteiger partial charge in [0.15, 0.2) is 0 Å². The second-order valence-electron chi connectivity index (χ2n) is 5.47. The normalized spacial score (nSPS) is 19.0. The molecule has 0 radical (unpaired) electrons. The van der Waals surface area contributed by atoms with E-state index in [-0.39, 0.29) is 10.9 Å². The van der Waals surface area contributed by atoms with Crippen LogP contribution in [-0.4, -0.2) is 26.4 Å². The van der Waals surface area contributed by atoms with Crippen LogP contribution in [0.2, 0.25) is 5.02 Å². The van der Waals surface area contributed by atoms with Gasteiger partial charge in [0.1, 0.15) is 5.75 Å². The van der Waals surface area contributed by atoms with Crippen LogP contribution in [0.5, 0.6) is 5.75 Å². The third-order valence-electron chi connectivity index (χ3n) is 4.13. The van der Waals surface area contributed by atoms with Gasteiger partial charge >= 0.3 is 0 Å². The molecular formula is C17H18ClNO3S. The third-order valence-corrected chi connectivity index (χ3v) is 6.40. The lowest BCUT2D eigenvalue weighted by Gasteiger charge is -2.25. The zero-order valence-corrected chi connectivity index (χ0v) is 14.3. The number of nitrogens with zero attached hydrogens (tertiary/aromatic N) is 1. The molecule has 1 heterocycles. The van der Waals surface area contributed by atoms with Crippen LogP contribution in [0.25, 0.3) is 0 Å². The minimum Gasteiger partial charge on any atom is -0.497 e. The highest BCUT2D eigenvalue weighted by atomic mass is 35.5.